The highest BCUT2D eigenvalue weighted by Gasteiger charge is 2.27. The van der Waals surface area contributed by atoms with E-state index in [0.29, 0.717) is 30.7 Å². The summed E-state index contributed by atoms with van der Waals surface area (Å²) in [6.45, 7) is 1.34. The van der Waals surface area contributed by atoms with E-state index in [2.05, 4.69) is 15.5 Å². The zero-order valence-electron chi connectivity index (χ0n) is 14.6. The molecule has 0 unspecified atom stereocenters. The number of carbonyl (C=O) groups is 1. The van der Waals surface area contributed by atoms with Crippen LogP contribution in [0.1, 0.15) is 56.2 Å². The van der Waals surface area contributed by atoms with Gasteiger partial charge in [-0.1, -0.05) is 18.0 Å². The van der Waals surface area contributed by atoms with E-state index in [9.17, 15) is 13.2 Å². The Morgan fingerprint density at radius 3 is 2.76 bits per heavy atom. The first kappa shape index (κ1) is 18.2. The van der Waals surface area contributed by atoms with Gasteiger partial charge in [0.15, 0.2) is 5.82 Å². The fourth-order valence-electron chi connectivity index (χ4n) is 3.76. The van der Waals surface area contributed by atoms with Gasteiger partial charge >= 0.3 is 6.03 Å². The third kappa shape index (κ3) is 5.17. The molecule has 1 N–H and O–H groups in total. The van der Waals surface area contributed by atoms with Crippen molar-refractivity contribution in [2.24, 2.45) is 5.92 Å². The molecule has 1 atom stereocenters. The molecule has 8 nitrogen and oxygen atoms in total. The Morgan fingerprint density at radius 1 is 1.28 bits per heavy atom. The molecule has 2 heterocycles. The molecule has 0 aromatic carbocycles. The van der Waals surface area contributed by atoms with Gasteiger partial charge in [-0.3, -0.25) is 0 Å². The Bertz CT molecular complexity index is 697. The van der Waals surface area contributed by atoms with E-state index in [1.807, 2.05) is 0 Å². The molecule has 1 aromatic rings. The maximum atomic E-state index is 12.3. The summed E-state index contributed by atoms with van der Waals surface area (Å²) in [6.07, 6.45) is 7.47. The molecule has 2 amide bonds. The van der Waals surface area contributed by atoms with Gasteiger partial charge < -0.3 is 14.7 Å². The highest BCUT2D eigenvalue weighted by molar-refractivity contribution is 7.90. The molecule has 0 radical (unpaired) electrons. The number of nitrogens with one attached hydrogen (secondary N) is 1. The Kier molecular flexibility index (Phi) is 5.61. The number of aromatic nitrogens is 2. The molecule has 0 bridgehead atoms. The normalized spacial score (nSPS) is 22.3. The van der Waals surface area contributed by atoms with Crippen LogP contribution in [0.2, 0.25) is 0 Å². The lowest BCUT2D eigenvalue weighted by atomic mass is 10.0. The molecule has 1 aliphatic carbocycles. The van der Waals surface area contributed by atoms with Crippen molar-refractivity contribution in [3.8, 4) is 0 Å². The first-order valence-electron chi connectivity index (χ1n) is 8.93. The molecule has 1 saturated carbocycles. The van der Waals surface area contributed by atoms with Crippen LogP contribution in [-0.2, 0) is 16.4 Å². The maximum absolute atomic E-state index is 12.3. The van der Waals surface area contributed by atoms with Gasteiger partial charge in [0.25, 0.3) is 0 Å². The number of piperidine rings is 1. The zero-order valence-corrected chi connectivity index (χ0v) is 15.4. The Hall–Kier alpha value is -1.64. The number of carbonyl (C=O) groups excluding carboxylic acids is 1. The van der Waals surface area contributed by atoms with Crippen molar-refractivity contribution < 1.29 is 17.7 Å². The maximum Gasteiger partial charge on any atom is 0.317 e. The van der Waals surface area contributed by atoms with Gasteiger partial charge in [0.1, 0.15) is 9.84 Å². The Labute approximate surface area is 148 Å². The lowest BCUT2D eigenvalue weighted by Crippen LogP contribution is -2.46. The van der Waals surface area contributed by atoms with Gasteiger partial charge in [-0.2, -0.15) is 4.98 Å². The molecule has 2 fully saturated rings. The number of sulfone groups is 1. The molecule has 2 aliphatic rings. The number of nitrogens with zero attached hydrogens (tertiary/aromatic N) is 3. The summed E-state index contributed by atoms with van der Waals surface area (Å²) in [5, 5.41) is 6.75. The Balaban J connectivity index is 1.48. The van der Waals surface area contributed by atoms with E-state index >= 15 is 0 Å². The van der Waals surface area contributed by atoms with Gasteiger partial charge in [-0.25, -0.2) is 13.2 Å². The van der Waals surface area contributed by atoms with E-state index in [4.69, 9.17) is 4.52 Å². The molecular formula is C16H26N4O4S. The quantitative estimate of drug-likeness (QED) is 0.845. The fraction of sp³-hybridized carbons (Fsp3) is 0.812. The number of hydrogen-bond acceptors (Lipinski definition) is 6. The predicted octanol–water partition coefficient (Wildman–Crippen LogP) is 1.69. The zero-order chi connectivity index (χ0) is 17.9. The summed E-state index contributed by atoms with van der Waals surface area (Å²) in [5.74, 6) is 1.66. The molecule has 9 heteroatoms. The smallest absolute Gasteiger partial charge is 0.317 e. The molecular weight excluding hydrogens is 344 g/mol. The van der Waals surface area contributed by atoms with Crippen molar-refractivity contribution in [3.05, 3.63) is 11.7 Å². The van der Waals surface area contributed by atoms with Crippen LogP contribution in [0.4, 0.5) is 4.79 Å². The van der Waals surface area contributed by atoms with Crippen LogP contribution in [-0.4, -0.2) is 54.6 Å². The lowest BCUT2D eigenvalue weighted by molar-refractivity contribution is 0.169. The molecule has 1 saturated heterocycles. The van der Waals surface area contributed by atoms with Crippen LogP contribution in [0.25, 0.3) is 0 Å². The summed E-state index contributed by atoms with van der Waals surface area (Å²) in [4.78, 5) is 18.4. The van der Waals surface area contributed by atoms with Crippen LogP contribution in [0.3, 0.4) is 0 Å². The average Bonchev–Trinajstić information content (AvgIpc) is 3.22. The number of urea groups is 1. The van der Waals surface area contributed by atoms with Gasteiger partial charge in [-0.15, -0.1) is 0 Å². The minimum absolute atomic E-state index is 0.00800. The highest BCUT2D eigenvalue weighted by Crippen LogP contribution is 2.32. The van der Waals surface area contributed by atoms with E-state index < -0.39 is 9.84 Å². The van der Waals surface area contributed by atoms with E-state index in [1.165, 1.54) is 19.1 Å². The largest absolute Gasteiger partial charge is 0.339 e. The van der Waals surface area contributed by atoms with Crippen molar-refractivity contribution in [1.82, 2.24) is 20.4 Å². The summed E-state index contributed by atoms with van der Waals surface area (Å²) < 4.78 is 28.2. The first-order chi connectivity index (χ1) is 11.9. The van der Waals surface area contributed by atoms with Crippen molar-refractivity contribution in [2.45, 2.75) is 51.0 Å². The lowest BCUT2D eigenvalue weighted by Gasteiger charge is -2.32. The third-order valence-electron chi connectivity index (χ3n) is 4.93. The number of likely N-dealkylation sites (tertiary alicyclic amines) is 1. The van der Waals surface area contributed by atoms with Gasteiger partial charge in [0.05, 0.1) is 12.3 Å². The second-order valence-electron chi connectivity index (χ2n) is 7.24. The summed E-state index contributed by atoms with van der Waals surface area (Å²) >= 11 is 0. The van der Waals surface area contributed by atoms with Gasteiger partial charge in [0, 0.05) is 25.3 Å². The van der Waals surface area contributed by atoms with Crippen LogP contribution in [0, 0.1) is 5.92 Å². The average molecular weight is 370 g/mol. The van der Waals surface area contributed by atoms with Crippen LogP contribution >= 0.6 is 0 Å². The monoisotopic (exact) mass is 370 g/mol. The van der Waals surface area contributed by atoms with E-state index in [0.717, 1.165) is 25.7 Å². The van der Waals surface area contributed by atoms with Crippen molar-refractivity contribution in [3.63, 3.8) is 0 Å². The van der Waals surface area contributed by atoms with E-state index in [-0.39, 0.29) is 24.2 Å². The third-order valence-corrected chi connectivity index (χ3v) is 6.01. The summed E-state index contributed by atoms with van der Waals surface area (Å²) in [5.41, 5.74) is 0. The standard InChI is InChI=1S/C16H26N4O4S/c1-25(22,23)11-12-5-4-8-20(10-12)16(21)17-9-14-18-15(24-19-14)13-6-2-3-7-13/h12-13H,2-11H2,1H3,(H,17,21)/t12-/m1/s1. The molecule has 1 aromatic heterocycles. The molecule has 0 spiro atoms. The van der Waals surface area contributed by atoms with Crippen molar-refractivity contribution in [1.29, 1.82) is 0 Å². The fourth-order valence-corrected chi connectivity index (χ4v) is 4.89. The highest BCUT2D eigenvalue weighted by atomic mass is 32.2. The number of rotatable bonds is 5. The minimum Gasteiger partial charge on any atom is -0.339 e. The summed E-state index contributed by atoms with van der Waals surface area (Å²) in [7, 11) is -3.02. The second-order valence-corrected chi connectivity index (χ2v) is 9.42. The predicted molar refractivity (Wildman–Crippen MR) is 91.8 cm³/mol. The van der Waals surface area contributed by atoms with Crippen LogP contribution < -0.4 is 5.32 Å². The molecule has 3 rings (SSSR count). The van der Waals surface area contributed by atoms with Gasteiger partial charge in [-0.05, 0) is 31.6 Å². The SMILES string of the molecule is CS(=O)(=O)C[C@@H]1CCCN(C(=O)NCc2noc(C3CCCC3)n2)C1. The second kappa shape index (κ2) is 7.72. The summed E-state index contributed by atoms with van der Waals surface area (Å²) in [6, 6.07) is -0.203. The van der Waals surface area contributed by atoms with Crippen LogP contribution in [0.5, 0.6) is 0 Å². The number of hydrogen-bond donors (Lipinski definition) is 1. The minimum atomic E-state index is -3.02. The van der Waals surface area contributed by atoms with E-state index in [1.54, 1.807) is 4.90 Å². The van der Waals surface area contributed by atoms with Gasteiger partial charge in [0.2, 0.25) is 5.89 Å². The molecule has 25 heavy (non-hydrogen) atoms. The number of amides is 2. The molecule has 1 aliphatic heterocycles. The first-order valence-corrected chi connectivity index (χ1v) is 11.0. The topological polar surface area (TPSA) is 105 Å². The molecule has 140 valence electrons. The van der Waals surface area contributed by atoms with Crippen LogP contribution in [0.15, 0.2) is 4.52 Å². The Morgan fingerprint density at radius 2 is 2.04 bits per heavy atom. The van der Waals surface area contributed by atoms with Crippen molar-refractivity contribution in [2.75, 3.05) is 25.1 Å². The van der Waals surface area contributed by atoms with Crippen molar-refractivity contribution >= 4 is 15.9 Å².